The zero-order valence-electron chi connectivity index (χ0n) is 9.56. The van der Waals surface area contributed by atoms with E-state index in [2.05, 4.69) is 0 Å². The molecule has 4 rings (SSSR count). The van der Waals surface area contributed by atoms with Crippen LogP contribution in [0.25, 0.3) is 21.5 Å². The summed E-state index contributed by atoms with van der Waals surface area (Å²) in [6.07, 6.45) is 0. The second-order valence-corrected chi connectivity index (χ2v) is 7.62. The van der Waals surface area contributed by atoms with Crippen molar-refractivity contribution < 1.29 is 35.1 Å². The summed E-state index contributed by atoms with van der Waals surface area (Å²) in [6, 6.07) is 0. The van der Waals surface area contributed by atoms with Crippen LogP contribution in [-0.2, 0) is 30.3 Å². The molecule has 1 aliphatic heterocycles. The maximum absolute atomic E-state index is 11.9. The first-order chi connectivity index (χ1) is 9.61. The number of hydrogen-bond donors (Lipinski definition) is 0. The normalized spacial score (nSPS) is 15.0. The number of hydrogen-bond acceptors (Lipinski definition) is 6. The summed E-state index contributed by atoms with van der Waals surface area (Å²) < 4.78 is 8.48. The molecule has 0 saturated carbocycles. The molecule has 96 valence electrons. The van der Waals surface area contributed by atoms with Crippen LogP contribution in [0.2, 0.25) is 0 Å². The van der Waals surface area contributed by atoms with Gasteiger partial charge in [-0.05, 0) is 0 Å². The Balaban J connectivity index is 2.36. The first kappa shape index (κ1) is 11.7. The van der Waals surface area contributed by atoms with E-state index in [0.29, 0.717) is 10.8 Å². The van der Waals surface area contributed by atoms with Gasteiger partial charge in [-0.25, -0.2) is 0 Å². The second-order valence-electron chi connectivity index (χ2n) is 4.38. The Kier molecular flexibility index (Phi) is 2.06. The molecule has 1 aliphatic rings. The Labute approximate surface area is 113 Å². The van der Waals surface area contributed by atoms with Crippen LogP contribution in [-0.4, -0.2) is 25.0 Å². The first-order valence-electron chi connectivity index (χ1n) is 5.48. The van der Waals surface area contributed by atoms with Gasteiger partial charge in [0.05, 0.1) is 0 Å². The third-order valence-electron chi connectivity index (χ3n) is 3.45. The average molecular weight is 350 g/mol. The van der Waals surface area contributed by atoms with Crippen molar-refractivity contribution in [1.82, 2.24) is 0 Å². The summed E-state index contributed by atoms with van der Waals surface area (Å²) in [5, 5.41) is 1.09. The van der Waals surface area contributed by atoms with E-state index in [4.69, 9.17) is 4.74 Å². The summed E-state index contributed by atoms with van der Waals surface area (Å²) in [6.45, 7) is -0.338. The van der Waals surface area contributed by atoms with Crippen LogP contribution < -0.4 is 10.9 Å². The fourth-order valence-electron chi connectivity index (χ4n) is 2.56. The Hall–Kier alpha value is -2.09. The van der Waals surface area contributed by atoms with Crippen molar-refractivity contribution in [1.29, 1.82) is 0 Å². The minimum atomic E-state index is -3.24. The third kappa shape index (κ3) is 1.17. The number of ketones is 1. The molecule has 0 unspecified atom stereocenters. The first-order valence-corrected chi connectivity index (χ1v) is 8.49. The van der Waals surface area contributed by atoms with Gasteiger partial charge in [-0.3, -0.25) is 0 Å². The molecule has 3 aromatic rings. The predicted octanol–water partition coefficient (Wildman–Crippen LogP) is -1.09. The molecule has 0 fully saturated rings. The van der Waals surface area contributed by atoms with E-state index >= 15 is 0 Å². The van der Waals surface area contributed by atoms with E-state index in [0.717, 1.165) is 0 Å². The van der Waals surface area contributed by atoms with Gasteiger partial charge in [-0.2, -0.15) is 0 Å². The molecule has 0 atom stereocenters. The fraction of sp³-hybridized carbons (Fsp3) is 0.0769. The summed E-state index contributed by atoms with van der Waals surface area (Å²) in [5.74, 6) is -0.414. The van der Waals surface area contributed by atoms with Gasteiger partial charge < -0.3 is 0 Å². The van der Waals surface area contributed by atoms with Crippen molar-refractivity contribution in [3.63, 3.8) is 0 Å². The van der Waals surface area contributed by atoms with E-state index < -0.39 is 21.7 Å². The molecule has 0 aromatic heterocycles. The van der Waals surface area contributed by atoms with Gasteiger partial charge in [-0.15, -0.1) is 0 Å². The Bertz CT molecular complexity index is 1190. The van der Waals surface area contributed by atoms with Crippen molar-refractivity contribution in [3.05, 3.63) is 31.6 Å². The number of benzene rings is 1. The van der Waals surface area contributed by atoms with Gasteiger partial charge in [0.25, 0.3) is 0 Å². The van der Waals surface area contributed by atoms with Gasteiger partial charge in [0, 0.05) is 0 Å². The Morgan fingerprint density at radius 2 is 1.40 bits per heavy atom. The van der Waals surface area contributed by atoms with Gasteiger partial charge >= 0.3 is 113 Å². The Morgan fingerprint density at radius 1 is 0.850 bits per heavy atom. The van der Waals surface area contributed by atoms with Gasteiger partial charge in [0.1, 0.15) is 0 Å². The third-order valence-corrected chi connectivity index (χ3v) is 5.97. The summed E-state index contributed by atoms with van der Waals surface area (Å²) >= 11 is -3.24. The number of carbonyl (C=O) groups excluding carboxylic acids is 3. The molecule has 0 aliphatic carbocycles. The van der Waals surface area contributed by atoms with Crippen LogP contribution in [0.4, 0.5) is 0 Å². The Morgan fingerprint density at radius 3 is 1.95 bits per heavy atom. The van der Waals surface area contributed by atoms with Crippen molar-refractivity contribution >= 4 is 39.9 Å². The van der Waals surface area contributed by atoms with Crippen molar-refractivity contribution in [2.45, 2.75) is 0 Å². The molecule has 0 radical (unpaired) electrons. The standard InChI is InChI=1S/C11H2O4.2CO.Mo/c12-4-2-15-1-3-5(4)7-9(11(7)14)8-6(3)10(8)13;2*1-2;/h2H2;;;. The van der Waals surface area contributed by atoms with Crippen LogP contribution in [0, 0.1) is 0 Å². The molecule has 3 aromatic carbocycles. The van der Waals surface area contributed by atoms with Gasteiger partial charge in [0.15, 0.2) is 0 Å². The molecule has 0 bridgehead atoms. The topological polar surface area (TPSA) is 94.6 Å². The molecular weight excluding hydrogens is 348 g/mol. The molecule has 0 N–H and O–H groups in total. The number of carbonyl (C=O) groups is 1. The average Bonchev–Trinajstić information content (AvgIpc) is 3.30. The monoisotopic (exact) mass is 352 g/mol. The number of Topliss-reactive ketones (excluding diaryl/α,β-unsaturated/α-hetero) is 1. The zero-order chi connectivity index (χ0) is 14.2. The van der Waals surface area contributed by atoms with Crippen LogP contribution >= 0.6 is 0 Å². The van der Waals surface area contributed by atoms with Crippen molar-refractivity contribution in [3.8, 4) is 0 Å². The van der Waals surface area contributed by atoms with Crippen molar-refractivity contribution in [2.75, 3.05) is 6.61 Å². The summed E-state index contributed by atoms with van der Waals surface area (Å²) in [4.78, 5) is 57.1. The molecule has 7 heteroatoms. The SMILES string of the molecule is O=[C]=[Mo](=[C]=O)=[C]1OCC(=O)c2c1c1c(=O)c1c1c(=O)c21. The van der Waals surface area contributed by atoms with Gasteiger partial charge in [-0.1, -0.05) is 0 Å². The molecule has 0 saturated heterocycles. The van der Waals surface area contributed by atoms with Crippen LogP contribution in [0.5, 0.6) is 0 Å². The predicted molar refractivity (Wildman–Crippen MR) is 64.5 cm³/mol. The molecule has 0 amide bonds. The van der Waals surface area contributed by atoms with Crippen molar-refractivity contribution in [2.24, 2.45) is 0 Å². The quantitative estimate of drug-likeness (QED) is 0.478. The number of rotatable bonds is 0. The maximum atomic E-state index is 11.9. The molecule has 0 spiro atoms. The molecule has 6 nitrogen and oxygen atoms in total. The number of fused-ring (bicyclic) bond motifs is 6. The molecule has 1 heterocycles. The summed E-state index contributed by atoms with van der Waals surface area (Å²) in [7, 11) is 0. The van der Waals surface area contributed by atoms with Crippen LogP contribution in [0.15, 0.2) is 9.59 Å². The minimum absolute atomic E-state index is 0.0535. The van der Waals surface area contributed by atoms with E-state index in [1.165, 1.54) is 0 Å². The molecular formula is C13H2MoO6. The second kappa shape index (κ2) is 3.51. The van der Waals surface area contributed by atoms with Crippen LogP contribution in [0.1, 0.15) is 15.9 Å². The van der Waals surface area contributed by atoms with E-state index in [9.17, 15) is 24.0 Å². The zero-order valence-corrected chi connectivity index (χ0v) is 11.6. The van der Waals surface area contributed by atoms with E-state index in [-0.39, 0.29) is 43.4 Å². The number of ether oxygens (including phenoxy) is 1. The van der Waals surface area contributed by atoms with Crippen LogP contribution in [0.3, 0.4) is 0 Å². The van der Waals surface area contributed by atoms with E-state index in [1.807, 2.05) is 0 Å². The van der Waals surface area contributed by atoms with Gasteiger partial charge in [0.2, 0.25) is 0 Å². The molecule has 20 heavy (non-hydrogen) atoms. The fourth-order valence-corrected chi connectivity index (χ4v) is 4.45. The van der Waals surface area contributed by atoms with E-state index in [1.54, 1.807) is 8.53 Å². The summed E-state index contributed by atoms with van der Waals surface area (Å²) in [5.41, 5.74) is -0.324.